The number of benzene rings is 1. The van der Waals surface area contributed by atoms with E-state index in [1.54, 1.807) is 7.05 Å². The first kappa shape index (κ1) is 13.0. The van der Waals surface area contributed by atoms with Gasteiger partial charge in [0.1, 0.15) is 6.07 Å². The number of hydrogen-bond donors (Lipinski definition) is 0. The first-order chi connectivity index (χ1) is 9.15. The molecular weight excluding hydrogens is 238 g/mol. The third-order valence-electron chi connectivity index (χ3n) is 2.97. The monoisotopic (exact) mass is 253 g/mol. The lowest BCUT2D eigenvalue weighted by molar-refractivity contribution is 0.809. The van der Waals surface area contributed by atoms with E-state index in [-0.39, 0.29) is 5.69 Å². The Hall–Kier alpha value is -2.41. The fraction of sp³-hybridized carbons (Fsp3) is 0.267. The second kappa shape index (κ2) is 5.49. The van der Waals surface area contributed by atoms with Crippen molar-refractivity contribution in [3.63, 3.8) is 0 Å². The molecule has 0 saturated heterocycles. The number of aromatic nitrogens is 2. The van der Waals surface area contributed by atoms with Gasteiger partial charge in [0.2, 0.25) is 0 Å². The van der Waals surface area contributed by atoms with Crippen molar-refractivity contribution in [3.05, 3.63) is 52.1 Å². The fourth-order valence-corrected chi connectivity index (χ4v) is 1.96. The number of nitriles is 1. The maximum atomic E-state index is 11.6. The summed E-state index contributed by atoms with van der Waals surface area (Å²) in [5.74, 6) is 0. The highest BCUT2D eigenvalue weighted by Crippen LogP contribution is 2.20. The Labute approximate surface area is 112 Å². The Balaban J connectivity index is 2.50. The van der Waals surface area contributed by atoms with E-state index in [9.17, 15) is 4.79 Å². The largest absolute Gasteiger partial charge is 0.347 e. The number of rotatable bonds is 3. The van der Waals surface area contributed by atoms with Gasteiger partial charge in [-0.25, -0.2) is 4.79 Å². The molecule has 19 heavy (non-hydrogen) atoms. The van der Waals surface area contributed by atoms with Crippen molar-refractivity contribution in [1.29, 1.82) is 5.26 Å². The Kier molecular flexibility index (Phi) is 3.76. The Morgan fingerprint density at radius 1 is 1.32 bits per heavy atom. The van der Waals surface area contributed by atoms with E-state index in [0.717, 1.165) is 18.4 Å². The van der Waals surface area contributed by atoms with Gasteiger partial charge in [0, 0.05) is 18.8 Å². The molecule has 0 N–H and O–H groups in total. The van der Waals surface area contributed by atoms with E-state index in [0.29, 0.717) is 11.3 Å². The van der Waals surface area contributed by atoms with Crippen molar-refractivity contribution in [2.75, 3.05) is 0 Å². The van der Waals surface area contributed by atoms with Crippen LogP contribution in [-0.2, 0) is 13.5 Å². The molecule has 0 aliphatic heterocycles. The molecule has 0 atom stereocenters. The van der Waals surface area contributed by atoms with Gasteiger partial charge in [0.15, 0.2) is 0 Å². The van der Waals surface area contributed by atoms with E-state index in [1.807, 2.05) is 24.3 Å². The molecule has 0 spiro atoms. The molecule has 2 rings (SSSR count). The summed E-state index contributed by atoms with van der Waals surface area (Å²) in [4.78, 5) is 15.6. The van der Waals surface area contributed by atoms with Gasteiger partial charge in [0.25, 0.3) is 0 Å². The quantitative estimate of drug-likeness (QED) is 0.843. The average molecular weight is 253 g/mol. The summed E-state index contributed by atoms with van der Waals surface area (Å²) in [5, 5.41) is 9.13. The summed E-state index contributed by atoms with van der Waals surface area (Å²) >= 11 is 0. The molecule has 1 heterocycles. The lowest BCUT2D eigenvalue weighted by atomic mass is 10.0. The molecule has 4 nitrogen and oxygen atoms in total. The summed E-state index contributed by atoms with van der Waals surface area (Å²) in [7, 11) is 1.59. The van der Waals surface area contributed by atoms with Crippen molar-refractivity contribution >= 4 is 0 Å². The zero-order valence-corrected chi connectivity index (χ0v) is 11.1. The molecule has 1 aromatic carbocycles. The van der Waals surface area contributed by atoms with Crippen molar-refractivity contribution in [1.82, 2.24) is 9.55 Å². The first-order valence-corrected chi connectivity index (χ1v) is 6.22. The molecule has 0 radical (unpaired) electrons. The normalized spacial score (nSPS) is 10.2. The second-order valence-electron chi connectivity index (χ2n) is 4.46. The van der Waals surface area contributed by atoms with Gasteiger partial charge in [0.05, 0.1) is 11.3 Å². The van der Waals surface area contributed by atoms with Gasteiger partial charge in [-0.2, -0.15) is 10.2 Å². The van der Waals surface area contributed by atoms with Crippen LogP contribution in [0.4, 0.5) is 0 Å². The lowest BCUT2D eigenvalue weighted by Gasteiger charge is -2.06. The van der Waals surface area contributed by atoms with Crippen LogP contribution in [0.3, 0.4) is 0 Å². The Bertz CT molecular complexity index is 678. The summed E-state index contributed by atoms with van der Waals surface area (Å²) in [6.45, 7) is 2.13. The third-order valence-corrected chi connectivity index (χ3v) is 2.97. The summed E-state index contributed by atoms with van der Waals surface area (Å²) in [5.41, 5.74) is 2.55. The minimum Gasteiger partial charge on any atom is -0.301 e. The maximum Gasteiger partial charge on any atom is 0.347 e. The standard InChI is InChI=1S/C15H15N3O/c1-3-4-11-5-7-12(8-6-11)14-13(9-16)10-18(2)15(19)17-14/h5-8,10H,3-4H2,1-2H3. The van der Waals surface area contributed by atoms with Crippen LogP contribution in [0.15, 0.2) is 35.3 Å². The Morgan fingerprint density at radius 2 is 2.00 bits per heavy atom. The van der Waals surface area contributed by atoms with Gasteiger partial charge >= 0.3 is 5.69 Å². The van der Waals surface area contributed by atoms with Crippen LogP contribution in [0, 0.1) is 11.3 Å². The van der Waals surface area contributed by atoms with Gasteiger partial charge in [-0.15, -0.1) is 0 Å². The maximum absolute atomic E-state index is 11.6. The molecule has 96 valence electrons. The van der Waals surface area contributed by atoms with Crippen molar-refractivity contribution in [3.8, 4) is 17.3 Å². The van der Waals surface area contributed by atoms with Crippen LogP contribution >= 0.6 is 0 Å². The lowest BCUT2D eigenvalue weighted by Crippen LogP contribution is -2.20. The zero-order chi connectivity index (χ0) is 13.8. The summed E-state index contributed by atoms with van der Waals surface area (Å²) in [6, 6.07) is 9.93. The highest BCUT2D eigenvalue weighted by atomic mass is 16.1. The summed E-state index contributed by atoms with van der Waals surface area (Å²) < 4.78 is 1.31. The smallest absolute Gasteiger partial charge is 0.301 e. The van der Waals surface area contributed by atoms with E-state index in [1.165, 1.54) is 16.3 Å². The number of aryl methyl sites for hydroxylation is 2. The van der Waals surface area contributed by atoms with E-state index >= 15 is 0 Å². The molecule has 0 unspecified atom stereocenters. The van der Waals surface area contributed by atoms with Gasteiger partial charge < -0.3 is 4.57 Å². The molecule has 2 aromatic rings. The SMILES string of the molecule is CCCc1ccc(-c2nc(=O)n(C)cc2C#N)cc1. The predicted molar refractivity (Wildman–Crippen MR) is 73.6 cm³/mol. The van der Waals surface area contributed by atoms with Gasteiger partial charge in [-0.1, -0.05) is 37.6 Å². The minimum absolute atomic E-state index is 0.355. The van der Waals surface area contributed by atoms with Gasteiger partial charge in [-0.05, 0) is 12.0 Å². The molecule has 0 aliphatic carbocycles. The van der Waals surface area contributed by atoms with E-state index in [4.69, 9.17) is 5.26 Å². The zero-order valence-electron chi connectivity index (χ0n) is 11.1. The molecule has 0 bridgehead atoms. The predicted octanol–water partition coefficient (Wildman–Crippen LogP) is 2.27. The van der Waals surface area contributed by atoms with Crippen molar-refractivity contribution in [2.24, 2.45) is 7.05 Å². The molecule has 1 aromatic heterocycles. The molecular formula is C15H15N3O. The topological polar surface area (TPSA) is 58.7 Å². The van der Waals surface area contributed by atoms with Crippen molar-refractivity contribution < 1.29 is 0 Å². The summed E-state index contributed by atoms with van der Waals surface area (Å²) in [6.07, 6.45) is 3.63. The van der Waals surface area contributed by atoms with Gasteiger partial charge in [-0.3, -0.25) is 0 Å². The highest BCUT2D eigenvalue weighted by Gasteiger charge is 2.09. The van der Waals surface area contributed by atoms with Crippen molar-refractivity contribution in [2.45, 2.75) is 19.8 Å². The molecule has 4 heteroatoms. The second-order valence-corrected chi connectivity index (χ2v) is 4.46. The third kappa shape index (κ3) is 2.71. The van der Waals surface area contributed by atoms with Crippen LogP contribution in [0.1, 0.15) is 24.5 Å². The average Bonchev–Trinajstić information content (AvgIpc) is 2.43. The highest BCUT2D eigenvalue weighted by molar-refractivity contribution is 5.65. The van der Waals surface area contributed by atoms with Crippen LogP contribution < -0.4 is 5.69 Å². The molecule has 0 saturated carbocycles. The van der Waals surface area contributed by atoms with Crippen LogP contribution in [0.5, 0.6) is 0 Å². The van der Waals surface area contributed by atoms with Crippen LogP contribution in [-0.4, -0.2) is 9.55 Å². The number of hydrogen-bond acceptors (Lipinski definition) is 3. The van der Waals surface area contributed by atoms with E-state index < -0.39 is 0 Å². The Morgan fingerprint density at radius 3 is 2.58 bits per heavy atom. The van der Waals surface area contributed by atoms with Crippen LogP contribution in [0.2, 0.25) is 0 Å². The molecule has 0 amide bonds. The first-order valence-electron chi connectivity index (χ1n) is 6.22. The minimum atomic E-state index is -0.355. The fourth-order valence-electron chi connectivity index (χ4n) is 1.96. The van der Waals surface area contributed by atoms with Crippen LogP contribution in [0.25, 0.3) is 11.3 Å². The number of nitrogens with zero attached hydrogens (tertiary/aromatic N) is 3. The van der Waals surface area contributed by atoms with E-state index in [2.05, 4.69) is 18.0 Å². The molecule has 0 fully saturated rings. The molecule has 0 aliphatic rings.